The molecule has 0 aliphatic carbocycles. The molecule has 0 radical (unpaired) electrons. The molecule has 2 atom stereocenters. The molecule has 76 heavy (non-hydrogen) atoms. The van der Waals surface area contributed by atoms with Crippen molar-refractivity contribution >= 4 is 19.8 Å². The number of rotatable bonds is 53. The summed E-state index contributed by atoms with van der Waals surface area (Å²) >= 11 is 0. The maximum atomic E-state index is 12.8. The summed E-state index contributed by atoms with van der Waals surface area (Å²) < 4.78 is 34.1. The molecule has 0 rings (SSSR count). The molecule has 0 aromatic carbocycles. The Labute approximate surface area is 466 Å². The molecule has 0 N–H and O–H groups in total. The van der Waals surface area contributed by atoms with Gasteiger partial charge in [0, 0.05) is 12.8 Å². The summed E-state index contributed by atoms with van der Waals surface area (Å²) in [6.07, 6.45) is 80.7. The second-order valence-corrected chi connectivity index (χ2v) is 22.0. The molecule has 9 nitrogen and oxygen atoms in total. The first-order chi connectivity index (χ1) is 37.0. The van der Waals surface area contributed by atoms with Crippen LogP contribution in [0.1, 0.15) is 219 Å². The van der Waals surface area contributed by atoms with Gasteiger partial charge in [0.1, 0.15) is 19.8 Å². The van der Waals surface area contributed by atoms with Gasteiger partial charge in [0.05, 0.1) is 27.7 Å². The van der Waals surface area contributed by atoms with Gasteiger partial charge >= 0.3 is 11.9 Å². The van der Waals surface area contributed by atoms with Crippen molar-refractivity contribution < 1.29 is 42.1 Å². The van der Waals surface area contributed by atoms with Gasteiger partial charge in [-0.3, -0.25) is 14.2 Å². The normalized spacial score (nSPS) is 14.2. The Morgan fingerprint density at radius 2 is 0.711 bits per heavy atom. The molecule has 432 valence electrons. The van der Waals surface area contributed by atoms with Crippen molar-refractivity contribution in [3.05, 3.63) is 134 Å². The first kappa shape index (κ1) is 72.2. The molecule has 0 aromatic heterocycles. The number of allylic oxidation sites excluding steroid dienone is 22. The van der Waals surface area contributed by atoms with E-state index in [0.717, 1.165) is 116 Å². The first-order valence-corrected chi connectivity index (χ1v) is 31.4. The van der Waals surface area contributed by atoms with Crippen LogP contribution in [0.3, 0.4) is 0 Å². The Balaban J connectivity index is 4.24. The van der Waals surface area contributed by atoms with Crippen molar-refractivity contribution in [2.75, 3.05) is 47.5 Å². The summed E-state index contributed by atoms with van der Waals surface area (Å²) in [6, 6.07) is 0. The summed E-state index contributed by atoms with van der Waals surface area (Å²) in [5, 5.41) is 0. The lowest BCUT2D eigenvalue weighted by atomic mass is 10.0. The van der Waals surface area contributed by atoms with Crippen molar-refractivity contribution in [2.24, 2.45) is 0 Å². The highest BCUT2D eigenvalue weighted by molar-refractivity contribution is 7.45. The molecule has 0 amide bonds. The number of carbonyl (C=O) groups is 2. The van der Waals surface area contributed by atoms with E-state index in [1.165, 1.54) is 70.6 Å². The van der Waals surface area contributed by atoms with Gasteiger partial charge in [-0.25, -0.2) is 0 Å². The van der Waals surface area contributed by atoms with Crippen LogP contribution >= 0.6 is 7.82 Å². The van der Waals surface area contributed by atoms with Crippen molar-refractivity contribution in [3.63, 3.8) is 0 Å². The van der Waals surface area contributed by atoms with Crippen LogP contribution in [0.2, 0.25) is 0 Å². The predicted octanol–water partition coefficient (Wildman–Crippen LogP) is 18.3. The fraction of sp³-hybridized carbons (Fsp3) is 0.636. The van der Waals surface area contributed by atoms with Crippen LogP contribution in [0.25, 0.3) is 0 Å². The van der Waals surface area contributed by atoms with Crippen LogP contribution in [-0.4, -0.2) is 70.0 Å². The van der Waals surface area contributed by atoms with Gasteiger partial charge < -0.3 is 27.9 Å². The molecule has 0 aliphatic rings. The third kappa shape index (κ3) is 59.4. The number of phosphoric ester groups is 1. The molecule has 0 bridgehead atoms. The topological polar surface area (TPSA) is 111 Å². The minimum Gasteiger partial charge on any atom is -0.756 e. The van der Waals surface area contributed by atoms with Gasteiger partial charge in [-0.15, -0.1) is 0 Å². The molecule has 0 heterocycles. The zero-order valence-electron chi connectivity index (χ0n) is 48.9. The van der Waals surface area contributed by atoms with E-state index in [4.69, 9.17) is 18.5 Å². The van der Waals surface area contributed by atoms with Crippen LogP contribution in [0, 0.1) is 0 Å². The van der Waals surface area contributed by atoms with Crippen molar-refractivity contribution in [3.8, 4) is 0 Å². The Kier molecular flexibility index (Phi) is 53.1. The number of likely N-dealkylation sites (N-methyl/N-ethyl adjacent to an activating group) is 1. The number of nitrogens with zero attached hydrogens (tertiary/aromatic N) is 1. The Hall–Kier alpha value is -3.85. The minimum absolute atomic E-state index is 0.0449. The third-order valence-electron chi connectivity index (χ3n) is 12.2. The quantitative estimate of drug-likeness (QED) is 0.0195. The zero-order valence-corrected chi connectivity index (χ0v) is 49.8. The number of quaternary nitrogens is 1. The first-order valence-electron chi connectivity index (χ1n) is 29.9. The molecule has 0 fully saturated rings. The summed E-state index contributed by atoms with van der Waals surface area (Å²) in [6.45, 7) is 3.96. The highest BCUT2D eigenvalue weighted by Gasteiger charge is 2.21. The standard InChI is InChI=1S/C66H110NO8P/c1-6-8-10-12-14-16-18-20-22-24-26-28-30-32-33-35-36-38-40-42-44-46-48-50-52-54-56-58-65(68)72-62-64(63-74-76(70,71)73-61-60-67(3,4)5)75-66(69)59-57-55-53-51-49-47-45-43-41-39-37-34-31-29-27-25-23-21-19-17-15-13-11-9-7-2/h8-11,14-17,20-23,26-29,34,37,41,43,47,49,64H,6-7,12-13,18-19,24-25,30-33,35-36,38-40,42,44-46,48,50-63H2,1-5H3/b10-8-,11-9-,16-14-,17-15-,22-20-,23-21-,28-26-,29-27-,37-34-,43-41-,49-47-. The lowest BCUT2D eigenvalue weighted by Crippen LogP contribution is -2.37. The average molecular weight is 1080 g/mol. The fourth-order valence-corrected chi connectivity index (χ4v) is 8.36. The largest absolute Gasteiger partial charge is 0.756 e. The summed E-state index contributed by atoms with van der Waals surface area (Å²) in [5.74, 6) is -0.880. The maximum Gasteiger partial charge on any atom is 0.306 e. The Bertz CT molecular complexity index is 1740. The average Bonchev–Trinajstić information content (AvgIpc) is 3.38. The maximum absolute atomic E-state index is 12.8. The van der Waals surface area contributed by atoms with Gasteiger partial charge in [-0.05, 0) is 109 Å². The summed E-state index contributed by atoms with van der Waals surface area (Å²) in [7, 11) is 1.12. The van der Waals surface area contributed by atoms with Gasteiger partial charge in [0.15, 0.2) is 6.10 Å². The summed E-state index contributed by atoms with van der Waals surface area (Å²) in [5.41, 5.74) is 0. The SMILES string of the molecule is CC/C=C\C/C=C\C/C=C\C/C=C\C/C=C\C/C=C\C/C=C\CCCCCC(=O)OC(COC(=O)CCCCCCCCCCCCCCCC/C=C\C/C=C\C/C=C\C/C=C\CC)COP(=O)([O-])OCC[N+](C)(C)C. The van der Waals surface area contributed by atoms with Gasteiger partial charge in [0.2, 0.25) is 0 Å². The second kappa shape index (κ2) is 55.9. The number of unbranched alkanes of at least 4 members (excludes halogenated alkanes) is 17. The van der Waals surface area contributed by atoms with Gasteiger partial charge in [-0.2, -0.15) is 0 Å². The molecule has 10 heteroatoms. The molecular formula is C66H110NO8P. The molecular weight excluding hydrogens is 966 g/mol. The molecule has 0 aliphatic heterocycles. The number of esters is 2. The van der Waals surface area contributed by atoms with E-state index in [1.54, 1.807) is 0 Å². The number of ether oxygens (including phenoxy) is 2. The van der Waals surface area contributed by atoms with E-state index in [9.17, 15) is 19.0 Å². The molecule has 0 aromatic rings. The van der Waals surface area contributed by atoms with E-state index < -0.39 is 32.5 Å². The predicted molar refractivity (Wildman–Crippen MR) is 323 cm³/mol. The fourth-order valence-electron chi connectivity index (χ4n) is 7.63. The summed E-state index contributed by atoms with van der Waals surface area (Å²) in [4.78, 5) is 37.9. The Morgan fingerprint density at radius 1 is 0.408 bits per heavy atom. The van der Waals surface area contributed by atoms with E-state index in [-0.39, 0.29) is 26.1 Å². The molecule has 0 spiro atoms. The minimum atomic E-state index is -4.66. The van der Waals surface area contributed by atoms with Crippen molar-refractivity contribution in [1.29, 1.82) is 0 Å². The zero-order chi connectivity index (χ0) is 55.6. The number of hydrogen-bond donors (Lipinski definition) is 0. The van der Waals surface area contributed by atoms with Gasteiger partial charge in [-0.1, -0.05) is 231 Å². The van der Waals surface area contributed by atoms with Crippen LogP contribution in [0.15, 0.2) is 134 Å². The molecule has 0 saturated carbocycles. The van der Waals surface area contributed by atoms with Gasteiger partial charge in [0.25, 0.3) is 7.82 Å². The van der Waals surface area contributed by atoms with Crippen LogP contribution in [-0.2, 0) is 32.7 Å². The van der Waals surface area contributed by atoms with E-state index in [1.807, 2.05) is 21.1 Å². The highest BCUT2D eigenvalue weighted by Crippen LogP contribution is 2.38. The second-order valence-electron chi connectivity index (χ2n) is 20.6. The van der Waals surface area contributed by atoms with Crippen LogP contribution < -0.4 is 4.89 Å². The smallest absolute Gasteiger partial charge is 0.306 e. The lowest BCUT2D eigenvalue weighted by molar-refractivity contribution is -0.870. The highest BCUT2D eigenvalue weighted by atomic mass is 31.2. The number of carbonyl (C=O) groups excluding carboxylic acids is 2. The number of hydrogen-bond acceptors (Lipinski definition) is 8. The third-order valence-corrected chi connectivity index (χ3v) is 13.1. The monoisotopic (exact) mass is 1080 g/mol. The van der Waals surface area contributed by atoms with Crippen molar-refractivity contribution in [2.45, 2.75) is 225 Å². The van der Waals surface area contributed by atoms with E-state index in [2.05, 4.69) is 148 Å². The van der Waals surface area contributed by atoms with E-state index >= 15 is 0 Å². The molecule has 2 unspecified atom stereocenters. The lowest BCUT2D eigenvalue weighted by Gasteiger charge is -2.28. The Morgan fingerprint density at radius 3 is 1.07 bits per heavy atom. The van der Waals surface area contributed by atoms with E-state index in [0.29, 0.717) is 17.4 Å². The number of phosphoric acid groups is 1. The van der Waals surface area contributed by atoms with Crippen molar-refractivity contribution in [1.82, 2.24) is 0 Å². The van der Waals surface area contributed by atoms with Crippen LogP contribution in [0.5, 0.6) is 0 Å². The molecule has 0 saturated heterocycles. The van der Waals surface area contributed by atoms with Crippen LogP contribution in [0.4, 0.5) is 0 Å².